The first-order chi connectivity index (χ1) is 13.7. The maximum absolute atomic E-state index is 12.7. The molecule has 8 nitrogen and oxygen atoms in total. The first-order valence-corrected chi connectivity index (χ1v) is 10.4. The van der Waals surface area contributed by atoms with Gasteiger partial charge in [0.1, 0.15) is 6.04 Å². The highest BCUT2D eigenvalue weighted by Crippen LogP contribution is 2.18. The molecule has 2 aromatic rings. The van der Waals surface area contributed by atoms with Crippen molar-refractivity contribution in [2.45, 2.75) is 24.8 Å². The van der Waals surface area contributed by atoms with Gasteiger partial charge < -0.3 is 10.6 Å². The highest BCUT2D eigenvalue weighted by Gasteiger charge is 2.25. The standard InChI is InChI=1S/C20H25N3O5S/c1-14(2)18(22-19(24)15-8-6-5-7-9-15)20(25)21-16-10-12-17(13-11-16)29(26,27)23(3)28-4/h5-14,18H,1-4H3,(H,21,25)(H,22,24)/t18-/m0/s1. The third kappa shape index (κ3) is 5.63. The molecule has 0 bridgehead atoms. The number of hydroxylamine groups is 1. The number of carbonyl (C=O) groups is 2. The van der Waals surface area contributed by atoms with E-state index in [0.29, 0.717) is 11.3 Å². The summed E-state index contributed by atoms with van der Waals surface area (Å²) in [4.78, 5) is 29.8. The Labute approximate surface area is 170 Å². The van der Waals surface area contributed by atoms with E-state index < -0.39 is 22.0 Å². The minimum Gasteiger partial charge on any atom is -0.340 e. The van der Waals surface area contributed by atoms with E-state index in [1.807, 2.05) is 13.8 Å². The van der Waals surface area contributed by atoms with Gasteiger partial charge in [0.05, 0.1) is 12.0 Å². The lowest BCUT2D eigenvalue weighted by atomic mass is 10.0. The van der Waals surface area contributed by atoms with Gasteiger partial charge in [0.25, 0.3) is 15.9 Å². The maximum Gasteiger partial charge on any atom is 0.264 e. The van der Waals surface area contributed by atoms with Gasteiger partial charge in [0.2, 0.25) is 5.91 Å². The zero-order valence-corrected chi connectivity index (χ0v) is 17.6. The second-order valence-corrected chi connectivity index (χ2v) is 8.61. The molecule has 0 fully saturated rings. The minimum absolute atomic E-state index is 0.0256. The molecule has 0 spiro atoms. The number of hydrogen-bond acceptors (Lipinski definition) is 5. The molecule has 0 aliphatic carbocycles. The van der Waals surface area contributed by atoms with Crippen molar-refractivity contribution in [1.29, 1.82) is 0 Å². The molecular weight excluding hydrogens is 394 g/mol. The fourth-order valence-corrected chi connectivity index (χ4v) is 3.50. The molecule has 29 heavy (non-hydrogen) atoms. The van der Waals surface area contributed by atoms with Crippen LogP contribution in [0.4, 0.5) is 5.69 Å². The molecular formula is C20H25N3O5S. The van der Waals surface area contributed by atoms with E-state index in [2.05, 4.69) is 10.6 Å². The minimum atomic E-state index is -3.77. The summed E-state index contributed by atoms with van der Waals surface area (Å²) in [5, 5.41) is 5.45. The summed E-state index contributed by atoms with van der Waals surface area (Å²) in [5.74, 6) is -0.893. The van der Waals surface area contributed by atoms with Gasteiger partial charge >= 0.3 is 0 Å². The monoisotopic (exact) mass is 419 g/mol. The van der Waals surface area contributed by atoms with Crippen LogP contribution in [0.3, 0.4) is 0 Å². The second-order valence-electron chi connectivity index (χ2n) is 6.67. The summed E-state index contributed by atoms with van der Waals surface area (Å²) in [6, 6.07) is 13.6. The van der Waals surface area contributed by atoms with Crippen molar-refractivity contribution in [3.05, 3.63) is 60.2 Å². The van der Waals surface area contributed by atoms with E-state index in [4.69, 9.17) is 4.84 Å². The van der Waals surface area contributed by atoms with Crippen LogP contribution < -0.4 is 10.6 Å². The van der Waals surface area contributed by atoms with Gasteiger partial charge in [-0.25, -0.2) is 8.42 Å². The molecule has 2 N–H and O–H groups in total. The zero-order chi connectivity index (χ0) is 21.6. The average molecular weight is 420 g/mol. The van der Waals surface area contributed by atoms with Crippen LogP contribution >= 0.6 is 0 Å². The van der Waals surface area contributed by atoms with Crippen molar-refractivity contribution in [2.75, 3.05) is 19.5 Å². The number of hydrogen-bond donors (Lipinski definition) is 2. The molecule has 0 aliphatic heterocycles. The molecule has 2 amide bonds. The largest absolute Gasteiger partial charge is 0.340 e. The predicted octanol–water partition coefficient (Wildman–Crippen LogP) is 2.26. The van der Waals surface area contributed by atoms with Gasteiger partial charge in [-0.15, -0.1) is 0 Å². The summed E-state index contributed by atoms with van der Waals surface area (Å²) in [7, 11) is -1.23. The van der Waals surface area contributed by atoms with Crippen molar-refractivity contribution < 1.29 is 22.8 Å². The van der Waals surface area contributed by atoms with Crippen molar-refractivity contribution in [3.8, 4) is 0 Å². The summed E-state index contributed by atoms with van der Waals surface area (Å²) in [6.45, 7) is 3.65. The van der Waals surface area contributed by atoms with Gasteiger partial charge in [0.15, 0.2) is 0 Å². The first-order valence-electron chi connectivity index (χ1n) is 8.96. The van der Waals surface area contributed by atoms with Crippen molar-refractivity contribution in [2.24, 2.45) is 5.92 Å². The van der Waals surface area contributed by atoms with Gasteiger partial charge in [0, 0.05) is 18.3 Å². The van der Waals surface area contributed by atoms with Crippen LogP contribution in [0.5, 0.6) is 0 Å². The average Bonchev–Trinajstić information content (AvgIpc) is 2.71. The highest BCUT2D eigenvalue weighted by molar-refractivity contribution is 7.89. The van der Waals surface area contributed by atoms with Gasteiger partial charge in [-0.2, -0.15) is 0 Å². The van der Waals surface area contributed by atoms with Gasteiger partial charge in [-0.05, 0) is 42.3 Å². The zero-order valence-electron chi connectivity index (χ0n) is 16.7. The third-order valence-electron chi connectivity index (χ3n) is 4.29. The third-order valence-corrected chi connectivity index (χ3v) is 5.98. The Balaban J connectivity index is 2.11. The van der Waals surface area contributed by atoms with E-state index in [0.717, 1.165) is 4.47 Å². The Morgan fingerprint density at radius 1 is 1.00 bits per heavy atom. The Morgan fingerprint density at radius 2 is 1.59 bits per heavy atom. The fourth-order valence-electron chi connectivity index (χ4n) is 2.53. The van der Waals surface area contributed by atoms with Crippen LogP contribution in [-0.2, 0) is 19.7 Å². The topological polar surface area (TPSA) is 105 Å². The number of sulfonamides is 1. The van der Waals surface area contributed by atoms with Crippen molar-refractivity contribution in [1.82, 2.24) is 9.79 Å². The van der Waals surface area contributed by atoms with Gasteiger partial charge in [-0.3, -0.25) is 14.4 Å². The van der Waals surface area contributed by atoms with Crippen LogP contribution in [0.1, 0.15) is 24.2 Å². The van der Waals surface area contributed by atoms with Crippen LogP contribution in [0.2, 0.25) is 0 Å². The number of nitrogens with one attached hydrogen (secondary N) is 2. The lowest BCUT2D eigenvalue weighted by molar-refractivity contribution is -0.118. The SMILES string of the molecule is CON(C)S(=O)(=O)c1ccc(NC(=O)[C@@H](NC(=O)c2ccccc2)C(C)C)cc1. The van der Waals surface area contributed by atoms with Crippen molar-refractivity contribution >= 4 is 27.5 Å². The molecule has 0 unspecified atom stereocenters. The normalized spacial score (nSPS) is 12.6. The highest BCUT2D eigenvalue weighted by atomic mass is 32.2. The fraction of sp³-hybridized carbons (Fsp3) is 0.300. The summed E-state index contributed by atoms with van der Waals surface area (Å²) < 4.78 is 25.2. The number of anilines is 1. The molecule has 1 atom stereocenters. The van der Waals surface area contributed by atoms with E-state index in [9.17, 15) is 18.0 Å². The van der Waals surface area contributed by atoms with E-state index in [1.54, 1.807) is 30.3 Å². The van der Waals surface area contributed by atoms with Crippen LogP contribution in [-0.4, -0.2) is 44.9 Å². The number of nitrogens with zero attached hydrogens (tertiary/aromatic N) is 1. The Bertz CT molecular complexity index is 944. The molecule has 0 radical (unpaired) electrons. The summed E-state index contributed by atoms with van der Waals surface area (Å²) >= 11 is 0. The number of amides is 2. The smallest absolute Gasteiger partial charge is 0.264 e. The molecule has 0 aliphatic rings. The molecule has 0 heterocycles. The van der Waals surface area contributed by atoms with Crippen molar-refractivity contribution in [3.63, 3.8) is 0 Å². The molecule has 2 rings (SSSR count). The molecule has 0 aromatic heterocycles. The summed E-state index contributed by atoms with van der Waals surface area (Å²) in [6.07, 6.45) is 0. The molecule has 156 valence electrons. The number of rotatable bonds is 8. The second kappa shape index (κ2) is 9.64. The number of carbonyl (C=O) groups excluding carboxylic acids is 2. The lowest BCUT2D eigenvalue weighted by Gasteiger charge is -2.22. The predicted molar refractivity (Wildman–Crippen MR) is 110 cm³/mol. The van der Waals surface area contributed by atoms with Crippen LogP contribution in [0.25, 0.3) is 0 Å². The van der Waals surface area contributed by atoms with E-state index in [1.165, 1.54) is 38.4 Å². The van der Waals surface area contributed by atoms with Crippen LogP contribution in [0.15, 0.2) is 59.5 Å². The Kier molecular flexibility index (Phi) is 7.49. The van der Waals surface area contributed by atoms with Gasteiger partial charge in [-0.1, -0.05) is 36.5 Å². The number of benzene rings is 2. The first kappa shape index (κ1) is 22.5. The van der Waals surface area contributed by atoms with Crippen LogP contribution in [0, 0.1) is 5.92 Å². The lowest BCUT2D eigenvalue weighted by Crippen LogP contribution is -2.47. The maximum atomic E-state index is 12.7. The molecule has 0 saturated carbocycles. The molecule has 0 saturated heterocycles. The van der Waals surface area contributed by atoms with E-state index >= 15 is 0 Å². The molecule has 2 aromatic carbocycles. The Morgan fingerprint density at radius 3 is 2.10 bits per heavy atom. The molecule has 9 heteroatoms. The Hall–Kier alpha value is -2.75. The quantitative estimate of drug-likeness (QED) is 0.639. The summed E-state index contributed by atoms with van der Waals surface area (Å²) in [5.41, 5.74) is 0.872. The van der Waals surface area contributed by atoms with E-state index in [-0.39, 0.29) is 16.7 Å².